The molecule has 0 aromatic rings. The first-order valence-corrected chi connectivity index (χ1v) is 15.9. The SMILES string of the molecule is C=C[C@H](OC)[C@@H](O[Si](C)(C)C(C)(C)C)[C@H](C)/C=C(/C)[C@H](C)C(C)C(=O)CP(=O)(OC)OC. The maximum absolute atomic E-state index is 12.7. The summed E-state index contributed by atoms with van der Waals surface area (Å²) in [6, 6.07) is 0. The van der Waals surface area contributed by atoms with E-state index in [-0.39, 0.29) is 46.9 Å². The van der Waals surface area contributed by atoms with Crippen molar-refractivity contribution in [3.05, 3.63) is 24.3 Å². The molecule has 0 heterocycles. The number of Topliss-reactive ketones (excluding diaryl/α,β-unsaturated/α-hetero) is 1. The average molecular weight is 491 g/mol. The minimum atomic E-state index is -3.38. The first kappa shape index (κ1) is 31.4. The summed E-state index contributed by atoms with van der Waals surface area (Å²) in [7, 11) is -1.16. The van der Waals surface area contributed by atoms with Crippen LogP contribution in [-0.4, -0.2) is 53.8 Å². The molecule has 0 aliphatic heterocycles. The zero-order valence-corrected chi connectivity index (χ0v) is 24.2. The van der Waals surface area contributed by atoms with Crippen LogP contribution in [-0.2, 0) is 27.6 Å². The van der Waals surface area contributed by atoms with Crippen LogP contribution < -0.4 is 0 Å². The Morgan fingerprint density at radius 2 is 1.56 bits per heavy atom. The van der Waals surface area contributed by atoms with E-state index in [0.29, 0.717) is 0 Å². The summed E-state index contributed by atoms with van der Waals surface area (Å²) in [6.45, 7) is 23.0. The van der Waals surface area contributed by atoms with E-state index in [0.717, 1.165) is 5.57 Å². The van der Waals surface area contributed by atoms with E-state index in [9.17, 15) is 9.36 Å². The Labute approximate surface area is 197 Å². The Balaban J connectivity index is 5.73. The molecular weight excluding hydrogens is 443 g/mol. The van der Waals surface area contributed by atoms with Crippen LogP contribution in [0.4, 0.5) is 0 Å². The van der Waals surface area contributed by atoms with Gasteiger partial charge in [-0.1, -0.05) is 59.3 Å². The molecule has 0 bridgehead atoms. The Morgan fingerprint density at radius 1 is 1.06 bits per heavy atom. The Morgan fingerprint density at radius 3 is 1.94 bits per heavy atom. The van der Waals surface area contributed by atoms with E-state index in [4.69, 9.17) is 18.2 Å². The van der Waals surface area contributed by atoms with Crippen LogP contribution in [0.25, 0.3) is 0 Å². The summed E-state index contributed by atoms with van der Waals surface area (Å²) >= 11 is 0. The fraction of sp³-hybridized carbons (Fsp3) is 0.792. The third-order valence-corrected chi connectivity index (χ3v) is 13.3. The zero-order chi connectivity index (χ0) is 25.5. The summed E-state index contributed by atoms with van der Waals surface area (Å²) in [4.78, 5) is 12.7. The molecule has 8 heteroatoms. The number of ether oxygens (including phenoxy) is 1. The van der Waals surface area contributed by atoms with E-state index in [2.05, 4.69) is 53.4 Å². The lowest BCUT2D eigenvalue weighted by Crippen LogP contribution is -2.49. The molecule has 0 rings (SSSR count). The van der Waals surface area contributed by atoms with Gasteiger partial charge in [-0.3, -0.25) is 9.36 Å². The van der Waals surface area contributed by atoms with Crippen molar-refractivity contribution in [2.45, 2.75) is 78.8 Å². The molecule has 0 amide bonds. The van der Waals surface area contributed by atoms with Gasteiger partial charge in [0.25, 0.3) is 0 Å². The molecule has 0 saturated carbocycles. The molecule has 0 fully saturated rings. The molecule has 0 saturated heterocycles. The number of allylic oxidation sites excluding steroid dienone is 1. The lowest BCUT2D eigenvalue weighted by Gasteiger charge is -2.42. The summed E-state index contributed by atoms with van der Waals surface area (Å²) < 4.78 is 34.7. The van der Waals surface area contributed by atoms with Crippen molar-refractivity contribution in [2.24, 2.45) is 17.8 Å². The predicted octanol–water partition coefficient (Wildman–Crippen LogP) is 6.49. The van der Waals surface area contributed by atoms with Gasteiger partial charge in [0.05, 0.1) is 6.10 Å². The molecule has 0 spiro atoms. The van der Waals surface area contributed by atoms with Crippen molar-refractivity contribution in [3.63, 3.8) is 0 Å². The van der Waals surface area contributed by atoms with Gasteiger partial charge >= 0.3 is 7.60 Å². The van der Waals surface area contributed by atoms with Gasteiger partial charge in [-0.25, -0.2) is 0 Å². The molecule has 6 nitrogen and oxygen atoms in total. The van der Waals surface area contributed by atoms with Gasteiger partial charge in [-0.2, -0.15) is 0 Å². The van der Waals surface area contributed by atoms with Crippen molar-refractivity contribution >= 4 is 21.7 Å². The third kappa shape index (κ3) is 8.66. The van der Waals surface area contributed by atoms with E-state index < -0.39 is 15.9 Å². The second-order valence-electron chi connectivity index (χ2n) is 10.2. The lowest BCUT2D eigenvalue weighted by molar-refractivity contribution is -0.121. The van der Waals surface area contributed by atoms with Gasteiger partial charge < -0.3 is 18.2 Å². The topological polar surface area (TPSA) is 71.1 Å². The number of ketones is 1. The zero-order valence-electron chi connectivity index (χ0n) is 22.4. The van der Waals surface area contributed by atoms with E-state index >= 15 is 0 Å². The number of rotatable bonds is 14. The van der Waals surface area contributed by atoms with Crippen LogP contribution in [0.1, 0.15) is 48.5 Å². The standard InChI is InChI=1S/C24H47O6PSi/c1-14-22(27-9)23(30-32(12,13)24(6,7)8)18(3)15-17(2)19(4)20(5)21(25)16-31(26,28-10)29-11/h14-15,18-20,22-23H,1,16H2,2-13H3/b17-15-/t18-,19+,20?,22+,23+/m1/s1. The van der Waals surface area contributed by atoms with Crippen molar-refractivity contribution in [1.82, 2.24) is 0 Å². The normalized spacial score (nSPS) is 18.6. The fourth-order valence-corrected chi connectivity index (χ4v) is 5.69. The molecule has 0 N–H and O–H groups in total. The highest BCUT2D eigenvalue weighted by atomic mass is 31.2. The average Bonchev–Trinajstić information content (AvgIpc) is 2.71. The summed E-state index contributed by atoms with van der Waals surface area (Å²) in [5.41, 5.74) is 1.07. The highest BCUT2D eigenvalue weighted by Crippen LogP contribution is 2.47. The summed E-state index contributed by atoms with van der Waals surface area (Å²) in [5.74, 6) is -0.458. The first-order chi connectivity index (χ1) is 14.5. The van der Waals surface area contributed by atoms with Crippen molar-refractivity contribution in [1.29, 1.82) is 0 Å². The minimum absolute atomic E-state index is 0.0367. The van der Waals surface area contributed by atoms with Crippen LogP contribution in [0.15, 0.2) is 24.3 Å². The summed E-state index contributed by atoms with van der Waals surface area (Å²) in [6.07, 6.45) is 3.29. The van der Waals surface area contributed by atoms with Crippen LogP contribution in [0.2, 0.25) is 18.1 Å². The molecule has 32 heavy (non-hydrogen) atoms. The van der Waals surface area contributed by atoms with Gasteiger partial charge in [0.1, 0.15) is 18.0 Å². The molecule has 0 aromatic heterocycles. The van der Waals surface area contributed by atoms with E-state index in [1.807, 2.05) is 20.8 Å². The highest BCUT2D eigenvalue weighted by molar-refractivity contribution is 7.54. The second kappa shape index (κ2) is 12.8. The van der Waals surface area contributed by atoms with Crippen LogP contribution >= 0.6 is 7.60 Å². The molecule has 0 radical (unpaired) electrons. The largest absolute Gasteiger partial charge is 0.410 e. The number of carbonyl (C=O) groups is 1. The molecule has 1 unspecified atom stereocenters. The minimum Gasteiger partial charge on any atom is -0.410 e. The molecule has 5 atom stereocenters. The Hall–Kier alpha value is -0.563. The fourth-order valence-electron chi connectivity index (χ4n) is 3.23. The molecule has 188 valence electrons. The van der Waals surface area contributed by atoms with Crippen molar-refractivity contribution in [2.75, 3.05) is 27.5 Å². The van der Waals surface area contributed by atoms with Gasteiger partial charge in [-0.15, -0.1) is 6.58 Å². The van der Waals surface area contributed by atoms with Crippen LogP contribution in [0, 0.1) is 17.8 Å². The monoisotopic (exact) mass is 490 g/mol. The number of hydrogen-bond donors (Lipinski definition) is 0. The smallest absolute Gasteiger partial charge is 0.337 e. The number of hydrogen-bond acceptors (Lipinski definition) is 6. The second-order valence-corrected chi connectivity index (χ2v) is 17.3. The van der Waals surface area contributed by atoms with Crippen molar-refractivity contribution in [3.8, 4) is 0 Å². The third-order valence-electron chi connectivity index (χ3n) is 6.99. The van der Waals surface area contributed by atoms with Gasteiger partial charge in [0.2, 0.25) is 0 Å². The first-order valence-electron chi connectivity index (χ1n) is 11.2. The van der Waals surface area contributed by atoms with E-state index in [1.165, 1.54) is 14.2 Å². The Bertz CT molecular complexity index is 689. The maximum atomic E-state index is 12.7. The van der Waals surface area contributed by atoms with Gasteiger partial charge in [-0.05, 0) is 31.0 Å². The Kier molecular flexibility index (Phi) is 12.6. The number of carbonyl (C=O) groups excluding carboxylic acids is 1. The number of methoxy groups -OCH3 is 1. The van der Waals surface area contributed by atoms with E-state index in [1.54, 1.807) is 13.2 Å². The van der Waals surface area contributed by atoms with Gasteiger partial charge in [0, 0.05) is 33.2 Å². The summed E-state index contributed by atoms with van der Waals surface area (Å²) in [5, 5.41) is 0.0635. The molecular formula is C24H47O6PSi. The quantitative estimate of drug-likeness (QED) is 0.157. The van der Waals surface area contributed by atoms with Crippen LogP contribution in [0.3, 0.4) is 0 Å². The molecule has 0 aromatic carbocycles. The van der Waals surface area contributed by atoms with Gasteiger partial charge in [0.15, 0.2) is 8.32 Å². The van der Waals surface area contributed by atoms with Crippen LogP contribution in [0.5, 0.6) is 0 Å². The highest BCUT2D eigenvalue weighted by Gasteiger charge is 2.41. The maximum Gasteiger partial charge on any atom is 0.337 e. The van der Waals surface area contributed by atoms with Crippen molar-refractivity contribution < 1.29 is 27.6 Å². The molecule has 0 aliphatic carbocycles. The lowest BCUT2D eigenvalue weighted by atomic mass is 9.84. The molecule has 0 aliphatic rings. The predicted molar refractivity (Wildman–Crippen MR) is 136 cm³/mol.